The van der Waals surface area contributed by atoms with Gasteiger partial charge >= 0.3 is 6.18 Å². The molecule has 0 aliphatic carbocycles. The van der Waals surface area contributed by atoms with E-state index >= 15 is 4.39 Å². The Bertz CT molecular complexity index is 1740. The van der Waals surface area contributed by atoms with Crippen LogP contribution < -0.4 is 24.6 Å². The average molecular weight is 744 g/mol. The third-order valence-corrected chi connectivity index (χ3v) is 8.95. The predicted octanol–water partition coefficient (Wildman–Crippen LogP) is 8.50. The van der Waals surface area contributed by atoms with Gasteiger partial charge in [-0.2, -0.15) is 18.4 Å². The molecule has 1 unspecified atom stereocenters. The van der Waals surface area contributed by atoms with Crippen LogP contribution in [0.1, 0.15) is 88.7 Å². The van der Waals surface area contributed by atoms with Crippen molar-refractivity contribution >= 4 is 40.9 Å². The van der Waals surface area contributed by atoms with Gasteiger partial charge < -0.3 is 24.6 Å². The van der Waals surface area contributed by atoms with E-state index in [1.54, 1.807) is 36.4 Å². The number of pyridine rings is 1. The first-order valence-corrected chi connectivity index (χ1v) is 17.2. The zero-order valence-corrected chi connectivity index (χ0v) is 31.3. The third-order valence-electron chi connectivity index (χ3n) is 8.74. The SMILES string of the molecule is CC(NC(=O)c1ccc(OCCCCCCOc2ccc(N(C=S)C(C)(C)C(=O)N(C)c3ccc(C#N)c(C(F)(F)F)c3F)cn2)cc1)C(C)(C)C. The number of nitriles is 1. The van der Waals surface area contributed by atoms with Crippen LogP contribution in [0.25, 0.3) is 0 Å². The predicted molar refractivity (Wildman–Crippen MR) is 196 cm³/mol. The number of carbonyl (C=O) groups is 2. The van der Waals surface area contributed by atoms with Gasteiger partial charge in [-0.15, -0.1) is 0 Å². The standard InChI is InChI=1S/C38H45F4N5O4S/c1-25(36(2,3)4)45-34(48)26-12-16-29(17-13-26)50-20-10-8-9-11-21-51-31-19-15-28(23-44-31)47(24-52)37(5,6)35(49)46(7)30-18-14-27(22-43)32(33(30)39)38(40,41)42/h12-19,23-25H,8-11,20-21H2,1-7H3,(H,45,48). The first-order valence-electron chi connectivity index (χ1n) is 16.8. The maximum absolute atomic E-state index is 15.1. The molecule has 0 radical (unpaired) electrons. The lowest BCUT2D eigenvalue weighted by Crippen LogP contribution is -2.55. The van der Waals surface area contributed by atoms with Crippen molar-refractivity contribution in [3.05, 3.63) is 77.2 Å². The summed E-state index contributed by atoms with van der Waals surface area (Å²) in [5.41, 5.74) is -2.59. The maximum Gasteiger partial charge on any atom is 0.420 e. The quantitative estimate of drug-likeness (QED) is 0.0885. The van der Waals surface area contributed by atoms with E-state index in [2.05, 4.69) is 31.1 Å². The van der Waals surface area contributed by atoms with E-state index in [0.29, 0.717) is 36.1 Å². The summed E-state index contributed by atoms with van der Waals surface area (Å²) in [5.74, 6) is -1.55. The van der Waals surface area contributed by atoms with E-state index in [-0.39, 0.29) is 17.4 Å². The highest BCUT2D eigenvalue weighted by molar-refractivity contribution is 7.79. The summed E-state index contributed by atoms with van der Waals surface area (Å²) in [4.78, 5) is 32.5. The van der Waals surface area contributed by atoms with Crippen LogP contribution in [0.5, 0.6) is 11.6 Å². The number of alkyl halides is 3. The van der Waals surface area contributed by atoms with E-state index < -0.39 is 40.3 Å². The van der Waals surface area contributed by atoms with E-state index in [4.69, 9.17) is 27.0 Å². The molecule has 0 bridgehead atoms. The topological polar surface area (TPSA) is 108 Å². The van der Waals surface area contributed by atoms with Crippen LogP contribution in [0.4, 0.5) is 28.9 Å². The largest absolute Gasteiger partial charge is 0.494 e. The normalized spacial score (nSPS) is 12.3. The summed E-state index contributed by atoms with van der Waals surface area (Å²) in [6, 6.07) is 13.5. The Balaban J connectivity index is 1.46. The van der Waals surface area contributed by atoms with Gasteiger partial charge in [0.05, 0.1) is 47.9 Å². The number of rotatable bonds is 16. The molecule has 1 atom stereocenters. The molecule has 1 aromatic heterocycles. The van der Waals surface area contributed by atoms with E-state index in [1.165, 1.54) is 36.5 Å². The molecule has 1 heterocycles. The highest BCUT2D eigenvalue weighted by Gasteiger charge is 2.42. The Morgan fingerprint density at radius 3 is 2.10 bits per heavy atom. The number of nitrogens with zero attached hydrogens (tertiary/aromatic N) is 4. The second-order valence-electron chi connectivity index (χ2n) is 13.9. The molecule has 1 N–H and O–H groups in total. The van der Waals surface area contributed by atoms with Gasteiger partial charge in [0.25, 0.3) is 11.8 Å². The van der Waals surface area contributed by atoms with Crippen LogP contribution in [0.3, 0.4) is 0 Å². The number of halogens is 4. The molecule has 3 aromatic rings. The fraction of sp³-hybridized carbons (Fsp3) is 0.447. The van der Waals surface area contributed by atoms with Crippen molar-refractivity contribution in [3.8, 4) is 17.7 Å². The third kappa shape index (κ3) is 10.6. The first kappa shape index (κ1) is 41.6. The molecule has 14 heteroatoms. The number of ether oxygens (including phenoxy) is 2. The summed E-state index contributed by atoms with van der Waals surface area (Å²) in [5, 5.41) is 12.1. The van der Waals surface area contributed by atoms with E-state index in [1.807, 2.05) is 6.92 Å². The van der Waals surface area contributed by atoms with Crippen molar-refractivity contribution < 1.29 is 36.6 Å². The molecule has 3 rings (SSSR count). The average Bonchev–Trinajstić information content (AvgIpc) is 3.08. The number of hydrogen-bond donors (Lipinski definition) is 1. The number of unbranched alkanes of at least 4 members (excludes halogenated alkanes) is 3. The number of amides is 2. The van der Waals surface area contributed by atoms with Crippen LogP contribution in [-0.4, -0.2) is 54.1 Å². The number of nitrogens with one attached hydrogen (secondary N) is 1. The summed E-state index contributed by atoms with van der Waals surface area (Å²) in [7, 11) is 1.15. The van der Waals surface area contributed by atoms with E-state index in [0.717, 1.165) is 49.8 Å². The molecule has 0 spiro atoms. The number of thiocarbonyl (C=S) groups is 1. The van der Waals surface area contributed by atoms with Crippen molar-refractivity contribution in [1.82, 2.24) is 10.3 Å². The van der Waals surface area contributed by atoms with Crippen LogP contribution in [0.15, 0.2) is 54.7 Å². The number of aromatic nitrogens is 1. The monoisotopic (exact) mass is 743 g/mol. The Kier molecular flexibility index (Phi) is 14.1. The Hall–Kier alpha value is -4.77. The Morgan fingerprint density at radius 1 is 0.962 bits per heavy atom. The molecule has 2 aromatic carbocycles. The molecule has 0 aliphatic heterocycles. The van der Waals surface area contributed by atoms with Crippen molar-refractivity contribution in [2.24, 2.45) is 5.41 Å². The van der Waals surface area contributed by atoms with Gasteiger partial charge in [-0.05, 0) is 94.3 Å². The van der Waals surface area contributed by atoms with Gasteiger partial charge in [0.1, 0.15) is 16.9 Å². The van der Waals surface area contributed by atoms with Crippen LogP contribution in [-0.2, 0) is 11.0 Å². The van der Waals surface area contributed by atoms with Gasteiger partial charge in [-0.3, -0.25) is 9.59 Å². The molecule has 2 amide bonds. The smallest absolute Gasteiger partial charge is 0.420 e. The lowest BCUT2D eigenvalue weighted by molar-refractivity contribution is -0.140. The molecule has 9 nitrogen and oxygen atoms in total. The molecule has 0 aliphatic rings. The minimum Gasteiger partial charge on any atom is -0.494 e. The van der Waals surface area contributed by atoms with Crippen molar-refractivity contribution in [2.45, 2.75) is 85.0 Å². The molecular weight excluding hydrogens is 699 g/mol. The summed E-state index contributed by atoms with van der Waals surface area (Å²) < 4.78 is 67.3. The minimum absolute atomic E-state index is 0.0276. The zero-order valence-electron chi connectivity index (χ0n) is 30.4. The number of hydrogen-bond acceptors (Lipinski definition) is 7. The number of likely N-dealkylation sites (N-methyl/N-ethyl adjacent to an activating group) is 1. The summed E-state index contributed by atoms with van der Waals surface area (Å²) >= 11 is 5.17. The molecule has 0 saturated carbocycles. The number of carbonyl (C=O) groups excluding carboxylic acids is 2. The van der Waals surface area contributed by atoms with Crippen LogP contribution in [0, 0.1) is 22.6 Å². The molecule has 0 fully saturated rings. The number of benzene rings is 2. The Labute approximate surface area is 307 Å². The van der Waals surface area contributed by atoms with E-state index in [9.17, 15) is 22.8 Å². The lowest BCUT2D eigenvalue weighted by atomic mass is 9.88. The highest BCUT2D eigenvalue weighted by atomic mass is 32.1. The second-order valence-corrected chi connectivity index (χ2v) is 14.1. The van der Waals surface area contributed by atoms with Gasteiger partial charge in [0.15, 0.2) is 5.82 Å². The van der Waals surface area contributed by atoms with Gasteiger partial charge in [-0.1, -0.05) is 33.0 Å². The lowest BCUT2D eigenvalue weighted by Gasteiger charge is -2.38. The van der Waals surface area contributed by atoms with Crippen molar-refractivity contribution in [2.75, 3.05) is 30.1 Å². The maximum atomic E-state index is 15.1. The fourth-order valence-electron chi connectivity index (χ4n) is 5.06. The summed E-state index contributed by atoms with van der Waals surface area (Å²) in [6.45, 7) is 12.2. The molecule has 52 heavy (non-hydrogen) atoms. The van der Waals surface area contributed by atoms with Gasteiger partial charge in [0.2, 0.25) is 5.88 Å². The summed E-state index contributed by atoms with van der Waals surface area (Å²) in [6.07, 6.45) is -0.248. The van der Waals surface area contributed by atoms with Crippen molar-refractivity contribution in [3.63, 3.8) is 0 Å². The number of anilines is 2. The van der Waals surface area contributed by atoms with Gasteiger partial charge in [-0.25, -0.2) is 9.37 Å². The van der Waals surface area contributed by atoms with Crippen LogP contribution in [0.2, 0.25) is 0 Å². The van der Waals surface area contributed by atoms with Gasteiger partial charge in [0, 0.05) is 24.7 Å². The van der Waals surface area contributed by atoms with Crippen LogP contribution >= 0.6 is 12.2 Å². The molecule has 280 valence electrons. The second kappa shape index (κ2) is 17.6. The molecule has 0 saturated heterocycles. The fourth-order valence-corrected chi connectivity index (χ4v) is 5.44. The Morgan fingerprint density at radius 2 is 1.58 bits per heavy atom. The highest BCUT2D eigenvalue weighted by Crippen LogP contribution is 2.38. The molecular formula is C38H45F4N5O4S. The minimum atomic E-state index is -5.14. The first-order chi connectivity index (χ1) is 24.3. The zero-order chi connectivity index (χ0) is 38.9. The van der Waals surface area contributed by atoms with Crippen molar-refractivity contribution in [1.29, 1.82) is 5.26 Å².